The van der Waals surface area contributed by atoms with E-state index in [1.165, 1.54) is 16.5 Å². The standard InChI is InChI=1S/C16H16N2O/c19-14-8-12-4-5-13(9-14)18(12)16-3-1-2-11-6-7-17-10-15(11)16/h1-3,6-7,10,12-13H,4-5,8-9H2. The minimum atomic E-state index is 0.400. The van der Waals surface area contributed by atoms with Crippen molar-refractivity contribution >= 4 is 22.2 Å². The topological polar surface area (TPSA) is 33.2 Å². The van der Waals surface area contributed by atoms with E-state index in [2.05, 4.69) is 34.1 Å². The molecular weight excluding hydrogens is 236 g/mol. The number of Topliss-reactive ketones (excluding diaryl/α,β-unsaturated/α-hetero) is 1. The van der Waals surface area contributed by atoms with Crippen molar-refractivity contribution in [3.05, 3.63) is 36.7 Å². The van der Waals surface area contributed by atoms with Crippen LogP contribution in [0.3, 0.4) is 0 Å². The summed E-state index contributed by atoms with van der Waals surface area (Å²) in [6, 6.07) is 9.25. The number of rotatable bonds is 1. The normalized spacial score (nSPS) is 26.1. The monoisotopic (exact) mass is 252 g/mol. The Hall–Kier alpha value is -1.90. The van der Waals surface area contributed by atoms with Gasteiger partial charge in [0, 0.05) is 48.4 Å². The molecule has 0 aliphatic carbocycles. The van der Waals surface area contributed by atoms with E-state index in [1.54, 1.807) is 0 Å². The van der Waals surface area contributed by atoms with Crippen LogP contribution in [0.4, 0.5) is 5.69 Å². The lowest BCUT2D eigenvalue weighted by atomic mass is 9.99. The summed E-state index contributed by atoms with van der Waals surface area (Å²) in [5.41, 5.74) is 1.26. The van der Waals surface area contributed by atoms with Gasteiger partial charge in [-0.05, 0) is 30.4 Å². The Morgan fingerprint density at radius 2 is 1.89 bits per heavy atom. The first-order chi connectivity index (χ1) is 9.33. The van der Waals surface area contributed by atoms with Crippen LogP contribution in [0.1, 0.15) is 25.7 Å². The second-order valence-electron chi connectivity index (χ2n) is 5.61. The highest BCUT2D eigenvalue weighted by Crippen LogP contribution is 2.40. The number of pyridine rings is 1. The van der Waals surface area contributed by atoms with Crippen molar-refractivity contribution in [3.63, 3.8) is 0 Å². The largest absolute Gasteiger partial charge is 0.364 e. The number of carbonyl (C=O) groups excluding carboxylic acids is 1. The van der Waals surface area contributed by atoms with Crippen molar-refractivity contribution < 1.29 is 4.79 Å². The van der Waals surface area contributed by atoms with Gasteiger partial charge in [-0.2, -0.15) is 0 Å². The fraction of sp³-hybridized carbons (Fsp3) is 0.375. The molecule has 2 aromatic rings. The molecule has 2 aliphatic heterocycles. The van der Waals surface area contributed by atoms with Crippen LogP contribution in [0.15, 0.2) is 36.7 Å². The molecule has 2 saturated heterocycles. The zero-order valence-electron chi connectivity index (χ0n) is 10.7. The highest BCUT2D eigenvalue weighted by Gasteiger charge is 2.40. The van der Waals surface area contributed by atoms with Gasteiger partial charge in [-0.1, -0.05) is 12.1 Å². The minimum Gasteiger partial charge on any atom is -0.364 e. The zero-order valence-corrected chi connectivity index (χ0v) is 10.7. The van der Waals surface area contributed by atoms with Crippen LogP contribution in [0.25, 0.3) is 10.8 Å². The van der Waals surface area contributed by atoms with E-state index in [-0.39, 0.29) is 0 Å². The van der Waals surface area contributed by atoms with Crippen LogP contribution in [-0.2, 0) is 4.79 Å². The van der Waals surface area contributed by atoms with Crippen LogP contribution in [-0.4, -0.2) is 22.9 Å². The third-order valence-corrected chi connectivity index (χ3v) is 4.49. The first-order valence-corrected chi connectivity index (χ1v) is 6.96. The number of benzene rings is 1. The molecule has 2 unspecified atom stereocenters. The first kappa shape index (κ1) is 11.0. The third kappa shape index (κ3) is 1.65. The molecule has 4 rings (SSSR count). The van der Waals surface area contributed by atoms with Gasteiger partial charge < -0.3 is 4.90 Å². The van der Waals surface area contributed by atoms with E-state index < -0.39 is 0 Å². The van der Waals surface area contributed by atoms with Gasteiger partial charge in [0.25, 0.3) is 0 Å². The van der Waals surface area contributed by atoms with Crippen LogP contribution in [0.2, 0.25) is 0 Å². The SMILES string of the molecule is O=C1CC2CCC(C1)N2c1cccc2ccncc12. The second-order valence-corrected chi connectivity index (χ2v) is 5.61. The van der Waals surface area contributed by atoms with Crippen molar-refractivity contribution in [3.8, 4) is 0 Å². The highest BCUT2D eigenvalue weighted by molar-refractivity contribution is 5.95. The molecule has 0 amide bonds. The van der Waals surface area contributed by atoms with E-state index >= 15 is 0 Å². The Morgan fingerprint density at radius 3 is 2.68 bits per heavy atom. The first-order valence-electron chi connectivity index (χ1n) is 6.96. The summed E-state index contributed by atoms with van der Waals surface area (Å²) >= 11 is 0. The summed E-state index contributed by atoms with van der Waals surface area (Å²) < 4.78 is 0. The average Bonchev–Trinajstić information content (AvgIpc) is 2.70. The van der Waals surface area contributed by atoms with Gasteiger partial charge in [0.05, 0.1) is 0 Å². The van der Waals surface area contributed by atoms with E-state index in [9.17, 15) is 4.79 Å². The fourth-order valence-electron chi connectivity index (χ4n) is 3.69. The van der Waals surface area contributed by atoms with E-state index in [0.29, 0.717) is 30.7 Å². The number of hydrogen-bond donors (Lipinski definition) is 0. The van der Waals surface area contributed by atoms with Crippen molar-refractivity contribution in [2.75, 3.05) is 4.90 Å². The smallest absolute Gasteiger partial charge is 0.137 e. The molecule has 3 heterocycles. The molecule has 0 N–H and O–H groups in total. The van der Waals surface area contributed by atoms with Gasteiger partial charge in [0.15, 0.2) is 0 Å². The van der Waals surface area contributed by atoms with Gasteiger partial charge in [-0.3, -0.25) is 9.78 Å². The molecular formula is C16H16N2O. The van der Waals surface area contributed by atoms with Crippen LogP contribution in [0, 0.1) is 0 Å². The summed E-state index contributed by atoms with van der Waals surface area (Å²) in [6.07, 6.45) is 7.50. The summed E-state index contributed by atoms with van der Waals surface area (Å²) in [4.78, 5) is 18.5. The maximum Gasteiger partial charge on any atom is 0.137 e. The lowest BCUT2D eigenvalue weighted by molar-refractivity contribution is -0.120. The van der Waals surface area contributed by atoms with E-state index in [4.69, 9.17) is 0 Å². The molecule has 0 spiro atoms. The molecule has 96 valence electrons. The molecule has 2 bridgehead atoms. The zero-order chi connectivity index (χ0) is 12.8. The number of hydrogen-bond acceptors (Lipinski definition) is 3. The number of nitrogens with zero attached hydrogens (tertiary/aromatic N) is 2. The lowest BCUT2D eigenvalue weighted by Gasteiger charge is -2.36. The molecule has 0 saturated carbocycles. The lowest BCUT2D eigenvalue weighted by Crippen LogP contribution is -2.43. The predicted molar refractivity (Wildman–Crippen MR) is 75.3 cm³/mol. The highest BCUT2D eigenvalue weighted by atomic mass is 16.1. The van der Waals surface area contributed by atoms with Gasteiger partial charge in [-0.25, -0.2) is 0 Å². The molecule has 2 atom stereocenters. The quantitative estimate of drug-likeness (QED) is 0.782. The minimum absolute atomic E-state index is 0.400. The Morgan fingerprint density at radius 1 is 1.11 bits per heavy atom. The summed E-state index contributed by atoms with van der Waals surface area (Å²) in [6.45, 7) is 0. The molecule has 0 radical (unpaired) electrons. The fourth-order valence-corrected chi connectivity index (χ4v) is 3.69. The van der Waals surface area contributed by atoms with Gasteiger partial charge in [-0.15, -0.1) is 0 Å². The van der Waals surface area contributed by atoms with Crippen molar-refractivity contribution in [2.45, 2.75) is 37.8 Å². The van der Waals surface area contributed by atoms with Crippen molar-refractivity contribution in [1.82, 2.24) is 4.98 Å². The van der Waals surface area contributed by atoms with Gasteiger partial charge in [0.2, 0.25) is 0 Å². The van der Waals surface area contributed by atoms with Gasteiger partial charge >= 0.3 is 0 Å². The van der Waals surface area contributed by atoms with Crippen LogP contribution < -0.4 is 4.90 Å². The summed E-state index contributed by atoms with van der Waals surface area (Å²) in [7, 11) is 0. The Bertz CT molecular complexity index is 631. The number of piperidine rings is 1. The number of ketones is 1. The molecule has 3 heteroatoms. The number of carbonyl (C=O) groups is 1. The molecule has 2 aliphatic rings. The molecule has 19 heavy (non-hydrogen) atoms. The van der Waals surface area contributed by atoms with Crippen LogP contribution in [0.5, 0.6) is 0 Å². The molecule has 3 nitrogen and oxygen atoms in total. The van der Waals surface area contributed by atoms with Crippen molar-refractivity contribution in [1.29, 1.82) is 0 Å². The summed E-state index contributed by atoms with van der Waals surface area (Å²) in [5.74, 6) is 0.433. The van der Waals surface area contributed by atoms with Gasteiger partial charge in [0.1, 0.15) is 5.78 Å². The number of aromatic nitrogens is 1. The second kappa shape index (κ2) is 4.05. The average molecular weight is 252 g/mol. The Kier molecular flexibility index (Phi) is 2.34. The van der Waals surface area contributed by atoms with Crippen LogP contribution >= 0.6 is 0 Å². The van der Waals surface area contributed by atoms with Crippen molar-refractivity contribution in [2.24, 2.45) is 0 Å². The molecule has 1 aromatic heterocycles. The number of anilines is 1. The maximum atomic E-state index is 11.7. The predicted octanol–water partition coefficient (Wildman–Crippen LogP) is 2.94. The number of fused-ring (bicyclic) bond motifs is 3. The Balaban J connectivity index is 1.85. The van der Waals surface area contributed by atoms with E-state index in [0.717, 1.165) is 12.8 Å². The molecule has 2 fully saturated rings. The molecule has 1 aromatic carbocycles. The van der Waals surface area contributed by atoms with E-state index in [1.807, 2.05) is 12.4 Å². The summed E-state index contributed by atoms with van der Waals surface area (Å²) in [5, 5.41) is 2.43. The maximum absolute atomic E-state index is 11.7. The Labute approximate surface area is 112 Å². The third-order valence-electron chi connectivity index (χ3n) is 4.49.